The molecule has 6 heterocycles. The van der Waals surface area contributed by atoms with Crippen LogP contribution in [0.4, 0.5) is 30.6 Å². The van der Waals surface area contributed by atoms with Crippen LogP contribution in [0.25, 0.3) is 22.3 Å². The van der Waals surface area contributed by atoms with Crippen molar-refractivity contribution in [3.8, 4) is 45.3 Å². The Morgan fingerprint density at radius 2 is 0.856 bits per heavy atom. The molecule has 24 nitrogen and oxygen atoms in total. The molecule has 0 spiro atoms. The number of carbonyl (C=O) groups excluding carboxylic acids is 6. The van der Waals surface area contributed by atoms with Crippen molar-refractivity contribution in [2.24, 2.45) is 0 Å². The zero-order valence-corrected chi connectivity index (χ0v) is 64.6. The summed E-state index contributed by atoms with van der Waals surface area (Å²) in [4.78, 5) is 101. The number of nitrogens with zero attached hydrogens (tertiary/aromatic N) is 6. The van der Waals surface area contributed by atoms with Crippen LogP contribution in [-0.2, 0) is 28.4 Å². The Labute approximate surface area is 659 Å². The first-order chi connectivity index (χ1) is 54.3. The lowest BCUT2D eigenvalue weighted by molar-refractivity contribution is -0.0211. The van der Waals surface area contributed by atoms with Crippen LogP contribution in [0.3, 0.4) is 0 Å². The first-order valence-electron chi connectivity index (χ1n) is 36.7. The highest BCUT2D eigenvalue weighted by Crippen LogP contribution is 2.48. The summed E-state index contributed by atoms with van der Waals surface area (Å²) in [6.45, 7) is 10.4. The molecular weight excluding hydrogens is 1490 g/mol. The molecule has 2 unspecified atom stereocenters. The first kappa shape index (κ1) is 77.4. The highest BCUT2D eigenvalue weighted by molar-refractivity contribution is 8.77. The maximum absolute atomic E-state index is 15.3. The average Bonchev–Trinajstić information content (AvgIpc) is 1.71. The molecule has 14 rings (SSSR count). The van der Waals surface area contributed by atoms with Gasteiger partial charge in [0.25, 0.3) is 11.8 Å². The molecule has 28 heteroatoms. The SMILES string of the molecule is C=C1C[C@@H](C2OCCN2C(=O)OCC2c3ccccc3-c3ccccc32)N(C(=O)c2cc(OC)c(OCCCCCOc3cc(NC(=O)OCCSSc4ccccn4)c(C(=O)N4CC(=C)C[C@H]4C4OCCN4C(=O)OCC4c5ccccc5-c5ccccc54)cc3OC)cc2NC(=O)OCCSSc2ccccn2)C1. The second-order valence-electron chi connectivity index (χ2n) is 26.9. The van der Waals surface area contributed by atoms with E-state index < -0.39 is 60.7 Å². The molecule has 111 heavy (non-hydrogen) atoms. The van der Waals surface area contributed by atoms with Crippen molar-refractivity contribution in [1.82, 2.24) is 29.6 Å². The van der Waals surface area contributed by atoms with E-state index in [4.69, 9.17) is 47.4 Å². The van der Waals surface area contributed by atoms with Gasteiger partial charge in [0.2, 0.25) is 0 Å². The summed E-state index contributed by atoms with van der Waals surface area (Å²) >= 11 is 0. The minimum Gasteiger partial charge on any atom is -0.493 e. The molecule has 6 amide bonds. The van der Waals surface area contributed by atoms with Gasteiger partial charge in [-0.05, 0) is 135 Å². The molecular formula is C83H84N8O16S4. The number of benzene rings is 6. The Bertz CT molecular complexity index is 4360. The van der Waals surface area contributed by atoms with Gasteiger partial charge in [0, 0.05) is 61.0 Å². The van der Waals surface area contributed by atoms with E-state index in [1.807, 2.05) is 84.9 Å². The van der Waals surface area contributed by atoms with Crippen molar-refractivity contribution in [2.45, 2.75) is 78.5 Å². The summed E-state index contributed by atoms with van der Waals surface area (Å²) in [6, 6.07) is 48.5. The predicted octanol–water partition coefficient (Wildman–Crippen LogP) is 15.9. The summed E-state index contributed by atoms with van der Waals surface area (Å²) in [5.74, 6) is 0.462. The summed E-state index contributed by atoms with van der Waals surface area (Å²) < 4.78 is 60.7. The lowest BCUT2D eigenvalue weighted by Crippen LogP contribution is -2.51. The maximum Gasteiger partial charge on any atom is 0.412 e. The van der Waals surface area contributed by atoms with Crippen LogP contribution in [0.15, 0.2) is 204 Å². The van der Waals surface area contributed by atoms with Gasteiger partial charge in [0.1, 0.15) is 36.5 Å². The number of hydrogen-bond acceptors (Lipinski definition) is 22. The van der Waals surface area contributed by atoms with Crippen LogP contribution in [0, 0.1) is 0 Å². The molecule has 2 aromatic heterocycles. The summed E-state index contributed by atoms with van der Waals surface area (Å²) in [5, 5.41) is 7.24. The van der Waals surface area contributed by atoms with Crippen molar-refractivity contribution >= 4 is 90.7 Å². The van der Waals surface area contributed by atoms with Crippen LogP contribution < -0.4 is 29.6 Å². The number of aromatic nitrogens is 2. The molecule has 4 fully saturated rings. The van der Waals surface area contributed by atoms with Gasteiger partial charge in [-0.15, -0.1) is 0 Å². The van der Waals surface area contributed by atoms with Crippen LogP contribution in [0.1, 0.15) is 86.9 Å². The predicted molar refractivity (Wildman–Crippen MR) is 426 cm³/mol. The standard InChI is InChI=1S/C83H84N8O16S4/c1-52-42-68(78-88(32-36-102-78)82(96)106-50-64-58-24-10-6-20-54(58)55-21-7-11-25-59(55)64)90(48-52)76(92)62-44-70(98-3)72(46-66(62)86-80(94)104-38-40-108-110-74-28-14-16-30-84-74)100-34-18-5-19-35-101-73-47-67(87-81(95)105-39-41-109-111-75-29-15-17-31-85-75)63(45-71(73)99-4)77(93)91-49-53(2)43-69(91)79-89(33-37-103-79)83(97)107-51-65-60-26-12-8-22-56(60)57-23-9-13-27-61(57)65/h6-17,20-31,44-47,64-65,68-69,78-79H,1-2,5,18-19,32-43,48-51H2,3-4H3,(H,86,94)(H,87,95)/t68-,69-,78?,79?/m0/s1. The minimum absolute atomic E-state index is 0.0432. The molecule has 8 aromatic rings. The summed E-state index contributed by atoms with van der Waals surface area (Å²) in [6.07, 6.45) is 1.20. The number of methoxy groups -OCH3 is 2. The monoisotopic (exact) mass is 1580 g/mol. The zero-order chi connectivity index (χ0) is 76.7. The third-order valence-electron chi connectivity index (χ3n) is 20.0. The second-order valence-corrected chi connectivity index (χ2v) is 31.8. The van der Waals surface area contributed by atoms with Crippen molar-refractivity contribution in [3.05, 3.63) is 228 Å². The summed E-state index contributed by atoms with van der Waals surface area (Å²) in [5.41, 5.74) is 10.5. The fraction of sp³-hybridized carbons (Fsp3) is 0.325. The van der Waals surface area contributed by atoms with Gasteiger partial charge < -0.3 is 57.2 Å². The van der Waals surface area contributed by atoms with E-state index in [0.717, 1.165) is 65.7 Å². The number of pyridine rings is 2. The topological polar surface area (TPSA) is 258 Å². The van der Waals surface area contributed by atoms with Crippen molar-refractivity contribution in [3.63, 3.8) is 0 Å². The molecule has 4 aliphatic heterocycles. The van der Waals surface area contributed by atoms with Crippen LogP contribution in [0.2, 0.25) is 0 Å². The normalized spacial score (nSPS) is 17.6. The number of unbranched alkanes of at least 4 members (excludes halogenated alkanes) is 2. The minimum atomic E-state index is -0.872. The molecule has 2 N–H and O–H groups in total. The molecule has 2 aliphatic carbocycles. The van der Waals surface area contributed by atoms with Crippen molar-refractivity contribution in [1.29, 1.82) is 0 Å². The van der Waals surface area contributed by atoms with Gasteiger partial charge in [-0.1, -0.05) is 155 Å². The molecule has 4 atom stereocenters. The maximum atomic E-state index is 15.3. The highest BCUT2D eigenvalue weighted by atomic mass is 33.1. The van der Waals surface area contributed by atoms with Gasteiger partial charge in [-0.2, -0.15) is 0 Å². The van der Waals surface area contributed by atoms with Gasteiger partial charge in [-0.3, -0.25) is 30.0 Å². The molecule has 0 bridgehead atoms. The van der Waals surface area contributed by atoms with Crippen molar-refractivity contribution < 1.29 is 76.1 Å². The quantitative estimate of drug-likeness (QED) is 0.0183. The third kappa shape index (κ3) is 18.0. The Balaban J connectivity index is 0.634. The first-order valence-corrected chi connectivity index (χ1v) is 41.3. The van der Waals surface area contributed by atoms with E-state index in [2.05, 4.69) is 82.3 Å². The number of ether oxygens (including phenoxy) is 10. The van der Waals surface area contributed by atoms with E-state index in [1.165, 1.54) is 91.5 Å². The lowest BCUT2D eigenvalue weighted by atomic mass is 9.98. The van der Waals surface area contributed by atoms with Gasteiger partial charge in [0.15, 0.2) is 35.5 Å². The summed E-state index contributed by atoms with van der Waals surface area (Å²) in [7, 11) is 8.75. The van der Waals surface area contributed by atoms with Crippen LogP contribution >= 0.6 is 43.2 Å². The third-order valence-corrected chi connectivity index (χ3v) is 24.4. The fourth-order valence-corrected chi connectivity index (χ4v) is 18.3. The number of rotatable bonds is 30. The van der Waals surface area contributed by atoms with E-state index in [0.29, 0.717) is 43.6 Å². The number of amides is 6. The highest BCUT2D eigenvalue weighted by Gasteiger charge is 2.48. The molecule has 0 radical (unpaired) electrons. The number of hydrogen-bond donors (Lipinski definition) is 2. The zero-order valence-electron chi connectivity index (χ0n) is 61.3. The van der Waals surface area contributed by atoms with E-state index in [-0.39, 0.29) is 136 Å². The fourth-order valence-electron chi connectivity index (χ4n) is 14.9. The van der Waals surface area contributed by atoms with Crippen LogP contribution in [0.5, 0.6) is 23.0 Å². The molecule has 4 saturated heterocycles. The molecule has 6 aromatic carbocycles. The second kappa shape index (κ2) is 36.7. The van der Waals surface area contributed by atoms with Crippen molar-refractivity contribution in [2.75, 3.05) is 115 Å². The Morgan fingerprint density at radius 1 is 0.468 bits per heavy atom. The molecule has 0 saturated carbocycles. The number of likely N-dealkylation sites (tertiary alicyclic amines) is 2. The Morgan fingerprint density at radius 3 is 1.23 bits per heavy atom. The number of anilines is 2. The largest absolute Gasteiger partial charge is 0.493 e. The average molecular weight is 1580 g/mol. The number of nitrogens with one attached hydrogen (secondary N) is 2. The van der Waals surface area contributed by atoms with Gasteiger partial charge >= 0.3 is 24.4 Å². The Kier molecular flexibility index (Phi) is 25.5. The number of fused-ring (bicyclic) bond motifs is 6. The lowest BCUT2D eigenvalue weighted by Gasteiger charge is -2.33. The smallest absolute Gasteiger partial charge is 0.412 e. The van der Waals surface area contributed by atoms with E-state index in [9.17, 15) is 19.2 Å². The van der Waals surface area contributed by atoms with E-state index in [1.54, 1.807) is 22.2 Å². The van der Waals surface area contributed by atoms with E-state index >= 15 is 9.59 Å². The Hall–Kier alpha value is -10.4. The molecule has 576 valence electrons. The van der Waals surface area contributed by atoms with Gasteiger partial charge in [-0.25, -0.2) is 29.1 Å². The van der Waals surface area contributed by atoms with Crippen LogP contribution in [-0.4, -0.2) is 195 Å². The molecule has 6 aliphatic rings. The van der Waals surface area contributed by atoms with Gasteiger partial charge in [0.05, 0.1) is 88.3 Å². The number of carbonyl (C=O) groups is 6.